The topological polar surface area (TPSA) is 54.6 Å². The van der Waals surface area contributed by atoms with Gasteiger partial charge in [0, 0.05) is 13.1 Å². The zero-order chi connectivity index (χ0) is 21.0. The summed E-state index contributed by atoms with van der Waals surface area (Å²) in [6, 6.07) is 17.0. The van der Waals surface area contributed by atoms with Crippen LogP contribution in [0.4, 0.5) is 22.7 Å². The standard InChI is InChI=1S/C24H38N6/c1-3-5-15-29-17-25-21-11-7-9-13-23(21)27-19-30(16-6-4-2)20-28-24-14-10-8-12-22(24)26-18-29/h7-14,25-28H,3-6,15-20H2,1-2H3. The molecular weight excluding hydrogens is 372 g/mol. The molecule has 164 valence electrons. The summed E-state index contributed by atoms with van der Waals surface area (Å²) in [4.78, 5) is 4.85. The molecule has 2 aromatic carbocycles. The number of nitrogens with one attached hydrogen (secondary N) is 4. The molecule has 1 heterocycles. The number of anilines is 4. The monoisotopic (exact) mass is 410 g/mol. The first kappa shape index (κ1) is 22.2. The molecular formula is C24H38N6. The smallest absolute Gasteiger partial charge is 0.0693 e. The molecule has 2 aromatic rings. The lowest BCUT2D eigenvalue weighted by Crippen LogP contribution is -2.37. The molecule has 6 heteroatoms. The zero-order valence-corrected chi connectivity index (χ0v) is 18.6. The van der Waals surface area contributed by atoms with Crippen LogP contribution in [0.2, 0.25) is 0 Å². The van der Waals surface area contributed by atoms with Gasteiger partial charge in [-0.25, -0.2) is 0 Å². The minimum Gasteiger partial charge on any atom is -0.371 e. The quantitative estimate of drug-likeness (QED) is 0.533. The van der Waals surface area contributed by atoms with Crippen LogP contribution in [0.1, 0.15) is 39.5 Å². The van der Waals surface area contributed by atoms with Gasteiger partial charge < -0.3 is 21.3 Å². The number of fused-ring (bicyclic) bond motifs is 2. The van der Waals surface area contributed by atoms with Gasteiger partial charge in [0.25, 0.3) is 0 Å². The summed E-state index contributed by atoms with van der Waals surface area (Å²) in [6.07, 6.45) is 4.77. The second kappa shape index (κ2) is 12.3. The summed E-state index contributed by atoms with van der Waals surface area (Å²) in [5, 5.41) is 14.6. The third-order valence-electron chi connectivity index (χ3n) is 5.48. The Kier molecular flexibility index (Phi) is 9.12. The van der Waals surface area contributed by atoms with E-state index in [9.17, 15) is 0 Å². The Bertz CT molecular complexity index is 632. The maximum atomic E-state index is 3.65. The number of rotatable bonds is 6. The van der Waals surface area contributed by atoms with E-state index in [2.05, 4.69) is 93.4 Å². The maximum absolute atomic E-state index is 3.65. The Labute approximate surface area is 182 Å². The fourth-order valence-electron chi connectivity index (χ4n) is 3.56. The summed E-state index contributed by atoms with van der Waals surface area (Å²) in [5.74, 6) is 0. The van der Waals surface area contributed by atoms with Gasteiger partial charge in [0.05, 0.1) is 49.4 Å². The number of nitrogens with zero attached hydrogens (tertiary/aromatic N) is 2. The van der Waals surface area contributed by atoms with E-state index < -0.39 is 0 Å². The lowest BCUT2D eigenvalue weighted by molar-refractivity contribution is 0.305. The van der Waals surface area contributed by atoms with E-state index in [4.69, 9.17) is 0 Å². The van der Waals surface area contributed by atoms with Crippen LogP contribution >= 0.6 is 0 Å². The normalized spacial score (nSPS) is 16.1. The average Bonchev–Trinajstić information content (AvgIpc) is 2.79. The second-order valence-corrected chi connectivity index (χ2v) is 7.93. The van der Waals surface area contributed by atoms with Gasteiger partial charge in [-0.15, -0.1) is 0 Å². The highest BCUT2D eigenvalue weighted by Crippen LogP contribution is 2.23. The first-order valence-electron chi connectivity index (χ1n) is 11.4. The highest BCUT2D eigenvalue weighted by Gasteiger charge is 2.11. The molecule has 3 rings (SSSR count). The third-order valence-corrected chi connectivity index (χ3v) is 5.48. The summed E-state index contributed by atoms with van der Waals surface area (Å²) in [6.45, 7) is 9.84. The van der Waals surface area contributed by atoms with E-state index in [1.807, 2.05) is 0 Å². The van der Waals surface area contributed by atoms with Crippen molar-refractivity contribution in [2.75, 3.05) is 61.0 Å². The van der Waals surface area contributed by atoms with Crippen LogP contribution in [0.5, 0.6) is 0 Å². The minimum absolute atomic E-state index is 0.806. The van der Waals surface area contributed by atoms with Gasteiger partial charge >= 0.3 is 0 Å². The summed E-state index contributed by atoms with van der Waals surface area (Å²) in [7, 11) is 0. The predicted molar refractivity (Wildman–Crippen MR) is 130 cm³/mol. The zero-order valence-electron chi connectivity index (χ0n) is 18.6. The molecule has 0 aliphatic carbocycles. The van der Waals surface area contributed by atoms with Crippen molar-refractivity contribution in [3.8, 4) is 0 Å². The Morgan fingerprint density at radius 1 is 0.567 bits per heavy atom. The van der Waals surface area contributed by atoms with Crippen LogP contribution in [0.15, 0.2) is 48.5 Å². The number of para-hydroxylation sites is 4. The molecule has 1 aliphatic rings. The van der Waals surface area contributed by atoms with Crippen LogP contribution in [-0.2, 0) is 0 Å². The molecule has 0 amide bonds. The van der Waals surface area contributed by atoms with Crippen LogP contribution in [-0.4, -0.2) is 49.6 Å². The lowest BCUT2D eigenvalue weighted by atomic mass is 10.2. The number of unbranched alkanes of at least 4 members (excludes halogenated alkanes) is 2. The van der Waals surface area contributed by atoms with Crippen molar-refractivity contribution in [1.29, 1.82) is 0 Å². The van der Waals surface area contributed by atoms with E-state index in [0.29, 0.717) is 0 Å². The SMILES string of the molecule is CCCCN1CNc2ccccc2NCN(CCCC)CNc2ccccc2NC1. The van der Waals surface area contributed by atoms with Gasteiger partial charge in [0.1, 0.15) is 0 Å². The number of hydrogen-bond donors (Lipinski definition) is 4. The first-order chi connectivity index (χ1) is 14.8. The molecule has 0 aromatic heterocycles. The molecule has 6 nitrogen and oxygen atoms in total. The van der Waals surface area contributed by atoms with E-state index in [1.54, 1.807) is 0 Å². The molecule has 0 fully saturated rings. The average molecular weight is 411 g/mol. The van der Waals surface area contributed by atoms with Crippen molar-refractivity contribution in [2.24, 2.45) is 0 Å². The molecule has 4 N–H and O–H groups in total. The Hall–Kier alpha value is -2.44. The van der Waals surface area contributed by atoms with E-state index in [1.165, 1.54) is 25.7 Å². The van der Waals surface area contributed by atoms with Crippen molar-refractivity contribution in [3.63, 3.8) is 0 Å². The molecule has 0 radical (unpaired) electrons. The Morgan fingerprint density at radius 3 is 1.13 bits per heavy atom. The fourth-order valence-corrected chi connectivity index (χ4v) is 3.56. The highest BCUT2D eigenvalue weighted by molar-refractivity contribution is 5.69. The maximum Gasteiger partial charge on any atom is 0.0693 e. The van der Waals surface area contributed by atoms with Crippen molar-refractivity contribution in [3.05, 3.63) is 48.5 Å². The van der Waals surface area contributed by atoms with E-state index >= 15 is 0 Å². The van der Waals surface area contributed by atoms with Gasteiger partial charge in [0.15, 0.2) is 0 Å². The van der Waals surface area contributed by atoms with Gasteiger partial charge in [-0.05, 0) is 37.1 Å². The van der Waals surface area contributed by atoms with Crippen molar-refractivity contribution in [1.82, 2.24) is 9.80 Å². The fraction of sp³-hybridized carbons (Fsp3) is 0.500. The second-order valence-electron chi connectivity index (χ2n) is 7.93. The molecule has 0 spiro atoms. The minimum atomic E-state index is 0.806. The van der Waals surface area contributed by atoms with Gasteiger partial charge in [-0.1, -0.05) is 51.0 Å². The number of hydrogen-bond acceptors (Lipinski definition) is 6. The third kappa shape index (κ3) is 6.82. The van der Waals surface area contributed by atoms with Gasteiger partial charge in [0.2, 0.25) is 0 Å². The van der Waals surface area contributed by atoms with E-state index in [-0.39, 0.29) is 0 Å². The summed E-state index contributed by atoms with van der Waals surface area (Å²) >= 11 is 0. The van der Waals surface area contributed by atoms with Gasteiger partial charge in [-0.3, -0.25) is 9.80 Å². The summed E-state index contributed by atoms with van der Waals surface area (Å²) in [5.41, 5.74) is 4.61. The molecule has 0 saturated carbocycles. The molecule has 0 saturated heterocycles. The van der Waals surface area contributed by atoms with Crippen molar-refractivity contribution >= 4 is 22.7 Å². The molecule has 30 heavy (non-hydrogen) atoms. The number of benzene rings is 2. The van der Waals surface area contributed by atoms with Crippen LogP contribution in [0.25, 0.3) is 0 Å². The van der Waals surface area contributed by atoms with Gasteiger partial charge in [-0.2, -0.15) is 0 Å². The van der Waals surface area contributed by atoms with E-state index in [0.717, 1.165) is 62.5 Å². The van der Waals surface area contributed by atoms with Crippen LogP contribution in [0.3, 0.4) is 0 Å². The van der Waals surface area contributed by atoms with Crippen molar-refractivity contribution < 1.29 is 0 Å². The van der Waals surface area contributed by atoms with Crippen LogP contribution in [0, 0.1) is 0 Å². The first-order valence-corrected chi connectivity index (χ1v) is 11.4. The Balaban J connectivity index is 1.80. The molecule has 0 atom stereocenters. The molecule has 0 unspecified atom stereocenters. The Morgan fingerprint density at radius 2 is 0.867 bits per heavy atom. The molecule has 1 aliphatic heterocycles. The van der Waals surface area contributed by atoms with Crippen LogP contribution < -0.4 is 21.3 Å². The molecule has 0 bridgehead atoms. The lowest BCUT2D eigenvalue weighted by Gasteiger charge is -2.28. The largest absolute Gasteiger partial charge is 0.371 e. The summed E-state index contributed by atoms with van der Waals surface area (Å²) < 4.78 is 0. The van der Waals surface area contributed by atoms with Crippen molar-refractivity contribution in [2.45, 2.75) is 39.5 Å². The predicted octanol–water partition coefficient (Wildman–Crippen LogP) is 5.08. The highest BCUT2D eigenvalue weighted by atomic mass is 15.3.